The van der Waals surface area contributed by atoms with Crippen LogP contribution >= 0.6 is 35.3 Å². The summed E-state index contributed by atoms with van der Waals surface area (Å²) in [5.74, 6) is -3.02. The molecule has 2 fully saturated rings. The van der Waals surface area contributed by atoms with Gasteiger partial charge in [-0.15, -0.1) is 11.3 Å². The Morgan fingerprint density at radius 1 is 1.16 bits per heavy atom. The van der Waals surface area contributed by atoms with Gasteiger partial charge in [0.2, 0.25) is 5.91 Å². The lowest BCUT2D eigenvalue weighted by atomic mass is 9.85. The van der Waals surface area contributed by atoms with Crippen LogP contribution in [0.15, 0.2) is 34.6 Å². The third-order valence-electron chi connectivity index (χ3n) is 6.39. The molecule has 2 aliphatic rings. The summed E-state index contributed by atoms with van der Waals surface area (Å²) in [5, 5.41) is 13.0. The lowest BCUT2D eigenvalue weighted by molar-refractivity contribution is -0.140. The number of nitrogens with zero attached hydrogens (tertiary/aromatic N) is 1. The predicted molar refractivity (Wildman–Crippen MR) is 141 cm³/mol. The molecule has 1 aliphatic carbocycles. The molecule has 1 saturated carbocycles. The molecule has 2 heterocycles. The number of benzene rings is 1. The number of hydrogen-bond acceptors (Lipinski definition) is 6. The minimum absolute atomic E-state index is 0.0721. The highest BCUT2D eigenvalue weighted by Crippen LogP contribution is 2.40. The first kappa shape index (κ1) is 28.2. The van der Waals surface area contributed by atoms with Crippen LogP contribution in [0.5, 0.6) is 0 Å². The summed E-state index contributed by atoms with van der Waals surface area (Å²) in [4.78, 5) is 38.7. The largest absolute Gasteiger partial charge is 0.481 e. The quantitative estimate of drug-likeness (QED) is 0.238. The van der Waals surface area contributed by atoms with E-state index in [4.69, 9.17) is 17.3 Å². The van der Waals surface area contributed by atoms with Crippen LogP contribution in [0, 0.1) is 11.7 Å². The van der Waals surface area contributed by atoms with Gasteiger partial charge in [-0.05, 0) is 66.5 Å². The molecule has 1 aromatic carbocycles. The summed E-state index contributed by atoms with van der Waals surface area (Å²) in [5.41, 5.74) is -0.649. The summed E-state index contributed by atoms with van der Waals surface area (Å²) in [6.45, 7) is 0.0721. The first-order valence-corrected chi connectivity index (χ1v) is 13.8. The lowest BCUT2D eigenvalue weighted by Crippen LogP contribution is -2.43. The monoisotopic (exact) mass is 586 g/mol. The maximum absolute atomic E-state index is 13.6. The van der Waals surface area contributed by atoms with Crippen LogP contribution in [0.1, 0.15) is 42.5 Å². The van der Waals surface area contributed by atoms with Crippen LogP contribution in [-0.4, -0.2) is 44.7 Å². The number of hydrogen-bond donors (Lipinski definition) is 2. The van der Waals surface area contributed by atoms with Gasteiger partial charge in [-0.2, -0.15) is 13.2 Å². The Labute approximate surface area is 229 Å². The number of rotatable bonds is 7. The molecule has 0 spiro atoms. The number of nitrogens with one attached hydrogen (secondary N) is 1. The number of aliphatic carboxylic acids is 1. The Bertz CT molecular complexity index is 1300. The number of alkyl halides is 3. The van der Waals surface area contributed by atoms with Crippen molar-refractivity contribution in [1.82, 2.24) is 10.2 Å². The highest BCUT2D eigenvalue weighted by molar-refractivity contribution is 8.26. The second-order valence-electron chi connectivity index (χ2n) is 8.92. The molecule has 1 aliphatic heterocycles. The Kier molecular flexibility index (Phi) is 8.58. The van der Waals surface area contributed by atoms with Crippen molar-refractivity contribution in [2.45, 2.75) is 44.3 Å². The van der Waals surface area contributed by atoms with Gasteiger partial charge >= 0.3 is 12.1 Å². The normalized spacial score (nSPS) is 21.3. The number of carbonyl (C=O) groups is 3. The van der Waals surface area contributed by atoms with Crippen LogP contribution < -0.4 is 5.32 Å². The Balaban J connectivity index is 1.40. The molecule has 4 rings (SSSR count). The van der Waals surface area contributed by atoms with Gasteiger partial charge in [-0.1, -0.05) is 30.0 Å². The molecule has 202 valence electrons. The number of carbonyl (C=O) groups excluding carboxylic acids is 2. The minimum Gasteiger partial charge on any atom is -0.481 e. The van der Waals surface area contributed by atoms with Crippen molar-refractivity contribution < 1.29 is 37.1 Å². The molecule has 2 aromatic rings. The fourth-order valence-electron chi connectivity index (χ4n) is 4.46. The van der Waals surface area contributed by atoms with Crippen LogP contribution in [0.25, 0.3) is 17.2 Å². The molecular formula is C25H22F4N2O4S3. The van der Waals surface area contributed by atoms with Gasteiger partial charge in [0.25, 0.3) is 5.91 Å². The molecule has 0 bridgehead atoms. The molecule has 13 heteroatoms. The molecule has 2 N–H and O–H groups in total. The molecule has 0 unspecified atom stereocenters. The zero-order chi connectivity index (χ0) is 27.6. The van der Waals surface area contributed by atoms with Crippen molar-refractivity contribution in [3.05, 3.63) is 50.8 Å². The first-order chi connectivity index (χ1) is 17.9. The number of amides is 2. The zero-order valence-corrected chi connectivity index (χ0v) is 22.2. The first-order valence-electron chi connectivity index (χ1n) is 11.7. The van der Waals surface area contributed by atoms with E-state index in [9.17, 15) is 31.9 Å². The van der Waals surface area contributed by atoms with Gasteiger partial charge in [0.05, 0.1) is 16.9 Å². The molecule has 1 aromatic heterocycles. The molecule has 0 atom stereocenters. The topological polar surface area (TPSA) is 86.7 Å². The van der Waals surface area contributed by atoms with E-state index >= 15 is 0 Å². The number of halogens is 4. The molecule has 6 nitrogen and oxygen atoms in total. The van der Waals surface area contributed by atoms with Crippen LogP contribution in [0.3, 0.4) is 0 Å². The Morgan fingerprint density at radius 2 is 1.87 bits per heavy atom. The van der Waals surface area contributed by atoms with E-state index in [1.54, 1.807) is 22.4 Å². The predicted octanol–water partition coefficient (Wildman–Crippen LogP) is 5.92. The second-order valence-corrected chi connectivity index (χ2v) is 11.5. The van der Waals surface area contributed by atoms with E-state index in [1.807, 2.05) is 0 Å². The fourth-order valence-corrected chi connectivity index (χ4v) is 6.77. The number of carboxylic acids is 1. The number of thiocarbonyl (C=S) groups is 1. The van der Waals surface area contributed by atoms with Gasteiger partial charge < -0.3 is 10.4 Å². The highest BCUT2D eigenvalue weighted by atomic mass is 32.2. The average molecular weight is 587 g/mol. The number of thiophene rings is 1. The summed E-state index contributed by atoms with van der Waals surface area (Å²) < 4.78 is 53.3. The second kappa shape index (κ2) is 11.5. The van der Waals surface area contributed by atoms with Gasteiger partial charge in [0, 0.05) is 23.4 Å². The maximum Gasteiger partial charge on any atom is 0.419 e. The van der Waals surface area contributed by atoms with E-state index in [0.717, 1.165) is 23.9 Å². The SMILES string of the molecule is O=C(O)CCNC(=O)C1CCC(N2C(=O)C(=Cc3cc(-c4ccc(F)c(C(F)(F)F)c4)cs3)SC2=S)CC1. The average Bonchev–Trinajstić information content (AvgIpc) is 3.42. The molecule has 2 amide bonds. The Hall–Kier alpha value is -2.77. The molecule has 38 heavy (non-hydrogen) atoms. The van der Waals surface area contributed by atoms with Crippen LogP contribution in [0.4, 0.5) is 17.6 Å². The fraction of sp³-hybridized carbons (Fsp3) is 0.360. The maximum atomic E-state index is 13.6. The molecule has 1 saturated heterocycles. The van der Waals surface area contributed by atoms with Crippen molar-refractivity contribution >= 4 is 63.5 Å². The van der Waals surface area contributed by atoms with Crippen molar-refractivity contribution in [1.29, 1.82) is 0 Å². The molecular weight excluding hydrogens is 564 g/mol. The van der Waals surface area contributed by atoms with E-state index in [2.05, 4.69) is 5.32 Å². The van der Waals surface area contributed by atoms with Gasteiger partial charge in [0.1, 0.15) is 10.1 Å². The highest BCUT2D eigenvalue weighted by Gasteiger charge is 2.39. The number of thioether (sulfide) groups is 1. The van der Waals surface area contributed by atoms with Crippen LogP contribution in [0.2, 0.25) is 0 Å². The van der Waals surface area contributed by atoms with Crippen molar-refractivity contribution in [3.63, 3.8) is 0 Å². The van der Waals surface area contributed by atoms with Gasteiger partial charge in [-0.3, -0.25) is 19.3 Å². The minimum atomic E-state index is -4.81. The third-order valence-corrected chi connectivity index (χ3v) is 8.60. The van der Waals surface area contributed by atoms with Gasteiger partial charge in [0.15, 0.2) is 0 Å². The summed E-state index contributed by atoms with van der Waals surface area (Å²) in [6, 6.07) is 4.31. The summed E-state index contributed by atoms with van der Waals surface area (Å²) in [7, 11) is 0. The van der Waals surface area contributed by atoms with E-state index in [1.165, 1.54) is 17.4 Å². The van der Waals surface area contributed by atoms with E-state index in [-0.39, 0.29) is 42.3 Å². The van der Waals surface area contributed by atoms with E-state index < -0.39 is 23.5 Å². The van der Waals surface area contributed by atoms with Crippen molar-refractivity contribution in [3.8, 4) is 11.1 Å². The van der Waals surface area contributed by atoms with E-state index in [0.29, 0.717) is 45.3 Å². The number of carboxylic acid groups (broad SMARTS) is 1. The smallest absolute Gasteiger partial charge is 0.419 e. The van der Waals surface area contributed by atoms with Crippen molar-refractivity contribution in [2.75, 3.05) is 6.54 Å². The van der Waals surface area contributed by atoms with Gasteiger partial charge in [-0.25, -0.2) is 4.39 Å². The van der Waals surface area contributed by atoms with Crippen LogP contribution in [-0.2, 0) is 20.6 Å². The third kappa shape index (κ3) is 6.44. The van der Waals surface area contributed by atoms with Crippen molar-refractivity contribution in [2.24, 2.45) is 5.92 Å². The zero-order valence-electron chi connectivity index (χ0n) is 19.7. The summed E-state index contributed by atoms with van der Waals surface area (Å²) >= 11 is 7.84. The Morgan fingerprint density at radius 3 is 2.53 bits per heavy atom. The summed E-state index contributed by atoms with van der Waals surface area (Å²) in [6.07, 6.45) is -1.07. The standard InChI is InChI=1S/C25H22F4N2O4S3/c26-19-6-3-14(10-18(19)25(27,28)29)15-9-17(37-12-15)11-20-23(35)31(24(36)38-20)16-4-1-13(2-5-16)22(34)30-8-7-21(32)33/h3,6,9-13,16H,1-2,4-5,7-8H2,(H,30,34)(H,32,33). The molecule has 0 radical (unpaired) electrons. The lowest BCUT2D eigenvalue weighted by Gasteiger charge is -2.33.